The molecule has 0 bridgehead atoms. The standard InChI is InChI=1S/C12H14FN3/c1-3-14-12-15-7-8-16(12)11-6-4-5-10(13)9(11)2/h4-8H,3H2,1-2H3,(H,14,15). The third-order valence-corrected chi connectivity index (χ3v) is 2.47. The van der Waals surface area contributed by atoms with Gasteiger partial charge in [0.2, 0.25) is 5.95 Å². The molecule has 3 nitrogen and oxygen atoms in total. The van der Waals surface area contributed by atoms with E-state index in [0.29, 0.717) is 5.56 Å². The van der Waals surface area contributed by atoms with E-state index in [1.54, 1.807) is 19.2 Å². The predicted molar refractivity (Wildman–Crippen MR) is 62.4 cm³/mol. The average Bonchev–Trinajstić information content (AvgIpc) is 2.71. The molecule has 0 aliphatic heterocycles. The van der Waals surface area contributed by atoms with Gasteiger partial charge in [0.1, 0.15) is 5.82 Å². The number of aromatic nitrogens is 2. The maximum atomic E-state index is 13.4. The Balaban J connectivity index is 2.50. The van der Waals surface area contributed by atoms with Gasteiger partial charge in [0.25, 0.3) is 0 Å². The number of rotatable bonds is 3. The first-order valence-corrected chi connectivity index (χ1v) is 5.26. The first-order valence-electron chi connectivity index (χ1n) is 5.26. The van der Waals surface area contributed by atoms with E-state index in [1.807, 2.05) is 23.8 Å². The van der Waals surface area contributed by atoms with E-state index in [9.17, 15) is 4.39 Å². The minimum Gasteiger partial charge on any atom is -0.356 e. The van der Waals surface area contributed by atoms with E-state index in [2.05, 4.69) is 10.3 Å². The van der Waals surface area contributed by atoms with Gasteiger partial charge >= 0.3 is 0 Å². The monoisotopic (exact) mass is 219 g/mol. The lowest BCUT2D eigenvalue weighted by Gasteiger charge is -2.11. The maximum absolute atomic E-state index is 13.4. The summed E-state index contributed by atoms with van der Waals surface area (Å²) < 4.78 is 15.3. The van der Waals surface area contributed by atoms with Crippen molar-refractivity contribution in [2.75, 3.05) is 11.9 Å². The number of imidazole rings is 1. The van der Waals surface area contributed by atoms with Crippen molar-refractivity contribution in [3.63, 3.8) is 0 Å². The molecule has 2 rings (SSSR count). The lowest BCUT2D eigenvalue weighted by molar-refractivity contribution is 0.617. The van der Waals surface area contributed by atoms with Crippen molar-refractivity contribution in [1.82, 2.24) is 9.55 Å². The van der Waals surface area contributed by atoms with Gasteiger partial charge in [-0.1, -0.05) is 6.07 Å². The number of nitrogens with zero attached hydrogens (tertiary/aromatic N) is 2. The minimum absolute atomic E-state index is 0.200. The van der Waals surface area contributed by atoms with Gasteiger partial charge < -0.3 is 5.32 Å². The third kappa shape index (κ3) is 1.78. The lowest BCUT2D eigenvalue weighted by atomic mass is 10.2. The highest BCUT2D eigenvalue weighted by atomic mass is 19.1. The molecular formula is C12H14FN3. The first-order chi connectivity index (χ1) is 7.74. The van der Waals surface area contributed by atoms with Crippen molar-refractivity contribution in [3.8, 4) is 5.69 Å². The van der Waals surface area contributed by atoms with Crippen LogP contribution in [0, 0.1) is 12.7 Å². The van der Waals surface area contributed by atoms with Crippen molar-refractivity contribution in [1.29, 1.82) is 0 Å². The molecule has 0 saturated heterocycles. The quantitative estimate of drug-likeness (QED) is 0.860. The van der Waals surface area contributed by atoms with Crippen molar-refractivity contribution in [2.45, 2.75) is 13.8 Å². The molecule has 1 aromatic heterocycles. The van der Waals surface area contributed by atoms with Crippen molar-refractivity contribution < 1.29 is 4.39 Å². The molecule has 0 aliphatic carbocycles. The smallest absolute Gasteiger partial charge is 0.207 e. The van der Waals surface area contributed by atoms with E-state index in [4.69, 9.17) is 0 Å². The van der Waals surface area contributed by atoms with Crippen molar-refractivity contribution in [2.24, 2.45) is 0 Å². The van der Waals surface area contributed by atoms with Gasteiger partial charge in [-0.25, -0.2) is 9.37 Å². The van der Waals surface area contributed by atoms with Gasteiger partial charge in [-0.05, 0) is 26.0 Å². The Kier molecular flexibility index (Phi) is 2.90. The van der Waals surface area contributed by atoms with Gasteiger partial charge in [-0.15, -0.1) is 0 Å². The molecule has 0 amide bonds. The molecule has 0 spiro atoms. The number of hydrogen-bond acceptors (Lipinski definition) is 2. The van der Waals surface area contributed by atoms with E-state index in [-0.39, 0.29) is 5.82 Å². The summed E-state index contributed by atoms with van der Waals surface area (Å²) in [6.45, 7) is 4.54. The normalized spacial score (nSPS) is 10.4. The van der Waals surface area contributed by atoms with Gasteiger partial charge in [0.15, 0.2) is 0 Å². The fourth-order valence-corrected chi connectivity index (χ4v) is 1.64. The van der Waals surface area contributed by atoms with Crippen LogP contribution in [0.1, 0.15) is 12.5 Å². The topological polar surface area (TPSA) is 29.9 Å². The molecule has 1 heterocycles. The third-order valence-electron chi connectivity index (χ3n) is 2.47. The number of benzene rings is 1. The van der Waals surface area contributed by atoms with Gasteiger partial charge in [0.05, 0.1) is 5.69 Å². The fourth-order valence-electron chi connectivity index (χ4n) is 1.64. The summed E-state index contributed by atoms with van der Waals surface area (Å²) in [6, 6.07) is 5.04. The second-order valence-electron chi connectivity index (χ2n) is 3.54. The number of nitrogens with one attached hydrogen (secondary N) is 1. The Morgan fingerprint density at radius 1 is 1.44 bits per heavy atom. The molecule has 0 aliphatic rings. The first kappa shape index (κ1) is 10.7. The molecule has 4 heteroatoms. The predicted octanol–water partition coefficient (Wildman–Crippen LogP) is 2.75. The Hall–Kier alpha value is -1.84. The molecule has 0 atom stereocenters. The van der Waals surface area contributed by atoms with Gasteiger partial charge in [-0.3, -0.25) is 4.57 Å². The van der Waals surface area contributed by atoms with Crippen LogP contribution in [0.4, 0.5) is 10.3 Å². The van der Waals surface area contributed by atoms with Crippen LogP contribution in [0.25, 0.3) is 5.69 Å². The largest absolute Gasteiger partial charge is 0.356 e. The highest BCUT2D eigenvalue weighted by Crippen LogP contribution is 2.20. The summed E-state index contributed by atoms with van der Waals surface area (Å²) >= 11 is 0. The number of hydrogen-bond donors (Lipinski definition) is 1. The number of halogens is 1. The van der Waals surface area contributed by atoms with E-state index in [0.717, 1.165) is 18.2 Å². The molecule has 2 aromatic rings. The zero-order chi connectivity index (χ0) is 11.5. The van der Waals surface area contributed by atoms with E-state index in [1.165, 1.54) is 6.07 Å². The number of anilines is 1. The SMILES string of the molecule is CCNc1nccn1-c1cccc(F)c1C. The Morgan fingerprint density at radius 2 is 2.25 bits per heavy atom. The van der Waals surface area contributed by atoms with Crippen LogP contribution in [0.3, 0.4) is 0 Å². The van der Waals surface area contributed by atoms with E-state index < -0.39 is 0 Å². The summed E-state index contributed by atoms with van der Waals surface area (Å²) in [7, 11) is 0. The Bertz CT molecular complexity index is 491. The summed E-state index contributed by atoms with van der Waals surface area (Å²) in [5.41, 5.74) is 1.44. The van der Waals surface area contributed by atoms with Gasteiger partial charge in [-0.2, -0.15) is 0 Å². The van der Waals surface area contributed by atoms with Crippen LogP contribution < -0.4 is 5.32 Å². The summed E-state index contributed by atoms with van der Waals surface area (Å²) in [6.07, 6.45) is 3.52. The fraction of sp³-hybridized carbons (Fsp3) is 0.250. The minimum atomic E-state index is -0.200. The average molecular weight is 219 g/mol. The summed E-state index contributed by atoms with van der Waals surface area (Å²) in [5.74, 6) is 0.532. The van der Waals surface area contributed by atoms with Crippen LogP contribution in [-0.4, -0.2) is 16.1 Å². The molecule has 1 N–H and O–H groups in total. The Labute approximate surface area is 93.9 Å². The van der Waals surface area contributed by atoms with Crippen LogP contribution in [0.5, 0.6) is 0 Å². The summed E-state index contributed by atoms with van der Waals surface area (Å²) in [4.78, 5) is 4.18. The second kappa shape index (κ2) is 4.35. The van der Waals surface area contributed by atoms with Crippen molar-refractivity contribution >= 4 is 5.95 Å². The molecule has 0 saturated carbocycles. The molecule has 0 radical (unpaired) electrons. The molecule has 0 unspecified atom stereocenters. The second-order valence-corrected chi connectivity index (χ2v) is 3.54. The zero-order valence-electron chi connectivity index (χ0n) is 9.37. The zero-order valence-corrected chi connectivity index (χ0v) is 9.37. The van der Waals surface area contributed by atoms with Gasteiger partial charge in [0, 0.05) is 24.5 Å². The highest BCUT2D eigenvalue weighted by molar-refractivity contribution is 5.47. The molecule has 0 fully saturated rings. The van der Waals surface area contributed by atoms with Crippen LogP contribution in [-0.2, 0) is 0 Å². The Morgan fingerprint density at radius 3 is 3.00 bits per heavy atom. The van der Waals surface area contributed by atoms with Crippen LogP contribution >= 0.6 is 0 Å². The molecule has 1 aromatic carbocycles. The van der Waals surface area contributed by atoms with Crippen LogP contribution in [0.15, 0.2) is 30.6 Å². The maximum Gasteiger partial charge on any atom is 0.207 e. The molecule has 84 valence electrons. The van der Waals surface area contributed by atoms with Crippen LogP contribution in [0.2, 0.25) is 0 Å². The highest BCUT2D eigenvalue weighted by Gasteiger charge is 2.08. The molecular weight excluding hydrogens is 205 g/mol. The summed E-state index contributed by atoms with van der Waals surface area (Å²) in [5, 5.41) is 3.13. The van der Waals surface area contributed by atoms with Crippen molar-refractivity contribution in [3.05, 3.63) is 42.0 Å². The van der Waals surface area contributed by atoms with E-state index >= 15 is 0 Å². The lowest BCUT2D eigenvalue weighted by Crippen LogP contribution is -2.06. The molecule has 16 heavy (non-hydrogen) atoms.